The van der Waals surface area contributed by atoms with Crippen LogP contribution in [0, 0.1) is 5.92 Å². The molecule has 19 heavy (non-hydrogen) atoms. The molecule has 2 rings (SSSR count). The van der Waals surface area contributed by atoms with Crippen LogP contribution in [0.5, 0.6) is 0 Å². The number of carbonyl (C=O) groups is 1. The summed E-state index contributed by atoms with van der Waals surface area (Å²) in [5.74, 6) is -0.00321. The number of hydrogen-bond donors (Lipinski definition) is 1. The average molecular weight is 271 g/mol. The highest BCUT2D eigenvalue weighted by Crippen LogP contribution is 2.27. The van der Waals surface area contributed by atoms with E-state index in [-0.39, 0.29) is 24.1 Å². The third kappa shape index (κ3) is 3.91. The Morgan fingerprint density at radius 2 is 1.89 bits per heavy atom. The van der Waals surface area contributed by atoms with Gasteiger partial charge in [-0.1, -0.05) is 0 Å². The molecule has 0 spiro atoms. The van der Waals surface area contributed by atoms with Gasteiger partial charge in [-0.2, -0.15) is 0 Å². The summed E-state index contributed by atoms with van der Waals surface area (Å²) in [4.78, 5) is 11.4. The maximum atomic E-state index is 11.4. The van der Waals surface area contributed by atoms with E-state index in [1.807, 2.05) is 0 Å². The molecule has 2 fully saturated rings. The first-order chi connectivity index (χ1) is 9.24. The second kappa shape index (κ2) is 7.22. The zero-order valence-corrected chi connectivity index (χ0v) is 11.9. The van der Waals surface area contributed by atoms with Crippen molar-refractivity contribution in [2.75, 3.05) is 27.4 Å². The monoisotopic (exact) mass is 271 g/mol. The topological polar surface area (TPSA) is 56.8 Å². The number of methoxy groups -OCH3 is 2. The van der Waals surface area contributed by atoms with Crippen molar-refractivity contribution in [3.8, 4) is 0 Å². The molecule has 2 atom stereocenters. The Labute approximate surface area is 115 Å². The first-order valence-electron chi connectivity index (χ1n) is 7.20. The van der Waals surface area contributed by atoms with Crippen molar-refractivity contribution in [1.29, 1.82) is 0 Å². The van der Waals surface area contributed by atoms with Crippen molar-refractivity contribution in [2.45, 2.75) is 50.4 Å². The normalized spacial score (nSPS) is 35.3. The minimum atomic E-state index is -0.0737. The van der Waals surface area contributed by atoms with E-state index in [9.17, 15) is 4.79 Å². The van der Waals surface area contributed by atoms with Gasteiger partial charge < -0.3 is 19.5 Å². The number of rotatable bonds is 5. The first kappa shape index (κ1) is 14.8. The number of nitrogens with one attached hydrogen (secondary N) is 1. The Hall–Kier alpha value is -0.650. The summed E-state index contributed by atoms with van der Waals surface area (Å²) in [5, 5.41) is 3.41. The van der Waals surface area contributed by atoms with Crippen molar-refractivity contribution in [3.63, 3.8) is 0 Å². The van der Waals surface area contributed by atoms with E-state index in [0.29, 0.717) is 12.6 Å². The van der Waals surface area contributed by atoms with Crippen LogP contribution >= 0.6 is 0 Å². The van der Waals surface area contributed by atoms with Gasteiger partial charge in [-0.25, -0.2) is 0 Å². The van der Waals surface area contributed by atoms with Gasteiger partial charge in [0.15, 0.2) is 0 Å². The highest BCUT2D eigenvalue weighted by Gasteiger charge is 2.30. The Morgan fingerprint density at radius 3 is 2.53 bits per heavy atom. The standard InChI is InChI=1S/C14H25NO4/c1-17-13-7-8-15-12(13)9-19-11-5-3-10(4-6-11)14(16)18-2/h10-13,15H,3-9H2,1-2H3/t10-,11-,12-,13+/m1/s1. The third-order valence-corrected chi connectivity index (χ3v) is 4.31. The molecule has 0 radical (unpaired) electrons. The molecule has 0 aromatic carbocycles. The Kier molecular flexibility index (Phi) is 5.60. The van der Waals surface area contributed by atoms with Gasteiger partial charge in [-0.3, -0.25) is 4.79 Å². The molecular weight excluding hydrogens is 246 g/mol. The van der Waals surface area contributed by atoms with Gasteiger partial charge in [0.2, 0.25) is 0 Å². The zero-order chi connectivity index (χ0) is 13.7. The maximum Gasteiger partial charge on any atom is 0.308 e. The molecule has 0 unspecified atom stereocenters. The highest BCUT2D eigenvalue weighted by molar-refractivity contribution is 5.72. The minimum absolute atomic E-state index is 0.0705. The SMILES string of the molecule is COC(=O)[C@H]1CC[C@H](OC[C@H]2NCC[C@@H]2OC)CC1. The molecule has 2 aliphatic rings. The second-order valence-electron chi connectivity index (χ2n) is 5.45. The van der Waals surface area contributed by atoms with Crippen LogP contribution in [-0.4, -0.2) is 51.6 Å². The first-order valence-corrected chi connectivity index (χ1v) is 7.20. The van der Waals surface area contributed by atoms with Crippen LogP contribution in [0.1, 0.15) is 32.1 Å². The zero-order valence-electron chi connectivity index (χ0n) is 11.9. The lowest BCUT2D eigenvalue weighted by Gasteiger charge is -2.28. The van der Waals surface area contributed by atoms with Gasteiger partial charge in [0.25, 0.3) is 0 Å². The molecule has 0 aromatic heterocycles. The van der Waals surface area contributed by atoms with Crippen molar-refractivity contribution in [1.82, 2.24) is 5.32 Å². The quantitative estimate of drug-likeness (QED) is 0.759. The van der Waals surface area contributed by atoms with Crippen molar-refractivity contribution in [2.24, 2.45) is 5.92 Å². The summed E-state index contributed by atoms with van der Waals surface area (Å²) >= 11 is 0. The second-order valence-corrected chi connectivity index (χ2v) is 5.45. The fourth-order valence-electron chi connectivity index (χ4n) is 3.06. The Morgan fingerprint density at radius 1 is 1.16 bits per heavy atom. The molecule has 0 amide bonds. The van der Waals surface area contributed by atoms with E-state index in [2.05, 4.69) is 5.32 Å². The van der Waals surface area contributed by atoms with E-state index in [1.54, 1.807) is 7.11 Å². The van der Waals surface area contributed by atoms with Crippen LogP contribution in [0.15, 0.2) is 0 Å². The number of ether oxygens (including phenoxy) is 3. The molecule has 5 heteroatoms. The van der Waals surface area contributed by atoms with Gasteiger partial charge in [-0.15, -0.1) is 0 Å². The van der Waals surface area contributed by atoms with Gasteiger partial charge in [0, 0.05) is 7.11 Å². The third-order valence-electron chi connectivity index (χ3n) is 4.31. The lowest BCUT2D eigenvalue weighted by Crippen LogP contribution is -2.38. The number of esters is 1. The number of carbonyl (C=O) groups excluding carboxylic acids is 1. The minimum Gasteiger partial charge on any atom is -0.469 e. The van der Waals surface area contributed by atoms with Crippen molar-refractivity contribution >= 4 is 5.97 Å². The molecule has 1 aliphatic heterocycles. The van der Waals surface area contributed by atoms with Gasteiger partial charge in [0.05, 0.1) is 37.9 Å². The van der Waals surface area contributed by atoms with Crippen molar-refractivity contribution in [3.05, 3.63) is 0 Å². The highest BCUT2D eigenvalue weighted by atomic mass is 16.5. The van der Waals surface area contributed by atoms with Gasteiger partial charge >= 0.3 is 5.97 Å². The van der Waals surface area contributed by atoms with E-state index in [4.69, 9.17) is 14.2 Å². The smallest absolute Gasteiger partial charge is 0.308 e. The molecule has 1 aliphatic carbocycles. The van der Waals surface area contributed by atoms with Crippen LogP contribution in [0.2, 0.25) is 0 Å². The molecular formula is C14H25NO4. The molecule has 110 valence electrons. The Balaban J connectivity index is 1.67. The van der Waals surface area contributed by atoms with Gasteiger partial charge in [-0.05, 0) is 38.6 Å². The van der Waals surface area contributed by atoms with E-state index >= 15 is 0 Å². The lowest BCUT2D eigenvalue weighted by atomic mass is 9.87. The Bertz CT molecular complexity index is 289. The van der Waals surface area contributed by atoms with Crippen molar-refractivity contribution < 1.29 is 19.0 Å². The van der Waals surface area contributed by atoms with E-state index < -0.39 is 0 Å². The number of hydrogen-bond acceptors (Lipinski definition) is 5. The molecule has 0 bridgehead atoms. The van der Waals surface area contributed by atoms with Crippen LogP contribution < -0.4 is 5.32 Å². The summed E-state index contributed by atoms with van der Waals surface area (Å²) in [6.07, 6.45) is 5.26. The fraction of sp³-hybridized carbons (Fsp3) is 0.929. The molecule has 0 aromatic rings. The molecule has 1 N–H and O–H groups in total. The predicted octanol–water partition coefficient (Wildman–Crippen LogP) is 1.11. The largest absolute Gasteiger partial charge is 0.469 e. The molecule has 1 saturated heterocycles. The van der Waals surface area contributed by atoms with E-state index in [0.717, 1.165) is 38.6 Å². The average Bonchev–Trinajstić information content (AvgIpc) is 2.92. The summed E-state index contributed by atoms with van der Waals surface area (Å²) < 4.78 is 16.2. The summed E-state index contributed by atoms with van der Waals surface area (Å²) in [5.41, 5.74) is 0. The fourth-order valence-corrected chi connectivity index (χ4v) is 3.06. The summed E-state index contributed by atoms with van der Waals surface area (Å²) in [7, 11) is 3.22. The predicted molar refractivity (Wildman–Crippen MR) is 70.9 cm³/mol. The summed E-state index contributed by atoms with van der Waals surface area (Å²) in [6, 6.07) is 0.309. The molecule has 1 heterocycles. The van der Waals surface area contributed by atoms with E-state index in [1.165, 1.54) is 7.11 Å². The lowest BCUT2D eigenvalue weighted by molar-refractivity contribution is -0.147. The maximum absolute atomic E-state index is 11.4. The van der Waals surface area contributed by atoms with Crippen LogP contribution in [0.3, 0.4) is 0 Å². The molecule has 5 nitrogen and oxygen atoms in total. The molecule has 1 saturated carbocycles. The van der Waals surface area contributed by atoms with Crippen LogP contribution in [0.4, 0.5) is 0 Å². The van der Waals surface area contributed by atoms with Crippen LogP contribution in [-0.2, 0) is 19.0 Å². The van der Waals surface area contributed by atoms with Crippen LogP contribution in [0.25, 0.3) is 0 Å². The van der Waals surface area contributed by atoms with Gasteiger partial charge in [0.1, 0.15) is 0 Å². The summed E-state index contributed by atoms with van der Waals surface area (Å²) in [6.45, 7) is 1.70.